The van der Waals surface area contributed by atoms with Crippen LogP contribution in [-0.4, -0.2) is 47.2 Å². The number of likely N-dealkylation sites (tertiary alicyclic amines) is 1. The Kier molecular flexibility index (Phi) is 3.11. The minimum Gasteiger partial charge on any atom is -0.340 e. The van der Waals surface area contributed by atoms with Crippen molar-refractivity contribution in [2.24, 2.45) is 0 Å². The summed E-state index contributed by atoms with van der Waals surface area (Å²) in [6.07, 6.45) is 7.55. The van der Waals surface area contributed by atoms with Crippen LogP contribution >= 0.6 is 0 Å². The summed E-state index contributed by atoms with van der Waals surface area (Å²) in [5.74, 6) is 0.981. The van der Waals surface area contributed by atoms with Gasteiger partial charge in [-0.25, -0.2) is 15.0 Å². The molecule has 1 aliphatic rings. The van der Waals surface area contributed by atoms with Crippen molar-refractivity contribution in [3.05, 3.63) is 36.8 Å². The second-order valence-corrected chi connectivity index (χ2v) is 5.44. The normalized spacial score (nSPS) is 19.5. The quantitative estimate of drug-likeness (QED) is 0.779. The third-order valence-corrected chi connectivity index (χ3v) is 4.02. The summed E-state index contributed by atoms with van der Waals surface area (Å²) >= 11 is 0. The lowest BCUT2D eigenvalue weighted by Gasteiger charge is -2.23. The van der Waals surface area contributed by atoms with Gasteiger partial charge in [0.25, 0.3) is 0 Å². The van der Waals surface area contributed by atoms with E-state index in [1.54, 1.807) is 18.9 Å². The number of imidazole rings is 1. The van der Waals surface area contributed by atoms with Crippen molar-refractivity contribution in [3.63, 3.8) is 0 Å². The average molecular weight is 283 g/mol. The monoisotopic (exact) mass is 283 g/mol. The maximum Gasteiger partial charge on any atom is 0.177 e. The van der Waals surface area contributed by atoms with E-state index < -0.39 is 0 Å². The lowest BCUT2D eigenvalue weighted by Crippen LogP contribution is -2.33. The fourth-order valence-corrected chi connectivity index (χ4v) is 3.02. The number of hydrogen-bond donors (Lipinski definition) is 1. The van der Waals surface area contributed by atoms with Gasteiger partial charge in [-0.05, 0) is 31.5 Å². The topological polar surface area (TPSA) is 75.5 Å². The highest BCUT2D eigenvalue weighted by Crippen LogP contribution is 2.21. The Morgan fingerprint density at radius 3 is 3.24 bits per heavy atom. The zero-order valence-electron chi connectivity index (χ0n) is 11.7. The molecule has 7 nitrogen and oxygen atoms in total. The summed E-state index contributed by atoms with van der Waals surface area (Å²) < 4.78 is 1.91. The summed E-state index contributed by atoms with van der Waals surface area (Å²) in [5.41, 5.74) is 1.79. The minimum atomic E-state index is 0.493. The maximum atomic E-state index is 4.56. The molecule has 0 saturated carbocycles. The van der Waals surface area contributed by atoms with Crippen molar-refractivity contribution < 1.29 is 0 Å². The van der Waals surface area contributed by atoms with Crippen LogP contribution in [0.4, 0.5) is 0 Å². The molecule has 0 aromatic carbocycles. The van der Waals surface area contributed by atoms with E-state index in [9.17, 15) is 0 Å². The molecule has 1 fully saturated rings. The van der Waals surface area contributed by atoms with Crippen molar-refractivity contribution in [2.75, 3.05) is 6.54 Å². The van der Waals surface area contributed by atoms with E-state index in [2.05, 4.69) is 29.9 Å². The first kappa shape index (κ1) is 12.5. The standard InChI is InChI=1S/C14H17N7/c1-4-12-14(16-5-1)19-13(18-12)8-20-6-2-3-11(20)7-21-10-15-9-17-21/h1,4-5,9-11H,2-3,6-8H2,(H,16,18,19)/t11-/m1/s1. The molecule has 0 unspecified atom stereocenters. The Balaban J connectivity index is 1.49. The van der Waals surface area contributed by atoms with Gasteiger partial charge in [-0.1, -0.05) is 0 Å². The third-order valence-electron chi connectivity index (χ3n) is 4.02. The Hall–Kier alpha value is -2.28. The number of rotatable bonds is 4. The molecule has 0 bridgehead atoms. The number of nitrogens with zero attached hydrogens (tertiary/aromatic N) is 6. The van der Waals surface area contributed by atoms with Crippen molar-refractivity contribution in [2.45, 2.75) is 32.0 Å². The molecule has 108 valence electrons. The molecular formula is C14H17N7. The van der Waals surface area contributed by atoms with Gasteiger partial charge in [0.2, 0.25) is 0 Å². The lowest BCUT2D eigenvalue weighted by molar-refractivity contribution is 0.215. The van der Waals surface area contributed by atoms with Gasteiger partial charge >= 0.3 is 0 Å². The van der Waals surface area contributed by atoms with E-state index in [4.69, 9.17) is 0 Å². The van der Waals surface area contributed by atoms with E-state index in [1.807, 2.05) is 16.8 Å². The summed E-state index contributed by atoms with van der Waals surface area (Å²) in [6, 6.07) is 4.43. The molecule has 4 rings (SSSR count). The molecule has 0 radical (unpaired) electrons. The van der Waals surface area contributed by atoms with E-state index in [0.29, 0.717) is 6.04 Å². The Bertz CT molecular complexity index is 685. The van der Waals surface area contributed by atoms with Gasteiger partial charge < -0.3 is 4.98 Å². The third kappa shape index (κ3) is 2.52. The zero-order valence-corrected chi connectivity index (χ0v) is 11.7. The highest BCUT2D eigenvalue weighted by atomic mass is 15.3. The summed E-state index contributed by atoms with van der Waals surface area (Å²) in [4.78, 5) is 18.7. The van der Waals surface area contributed by atoms with Gasteiger partial charge in [0.15, 0.2) is 5.65 Å². The van der Waals surface area contributed by atoms with Crippen LogP contribution in [0.3, 0.4) is 0 Å². The van der Waals surface area contributed by atoms with Crippen LogP contribution in [0.25, 0.3) is 11.2 Å². The Morgan fingerprint density at radius 1 is 1.38 bits per heavy atom. The number of aromatic amines is 1. The van der Waals surface area contributed by atoms with Gasteiger partial charge in [-0.3, -0.25) is 9.58 Å². The molecular weight excluding hydrogens is 266 g/mol. The molecule has 7 heteroatoms. The predicted molar refractivity (Wildman–Crippen MR) is 77.3 cm³/mol. The van der Waals surface area contributed by atoms with Crippen molar-refractivity contribution in [1.29, 1.82) is 0 Å². The maximum absolute atomic E-state index is 4.56. The number of pyridine rings is 1. The van der Waals surface area contributed by atoms with Gasteiger partial charge in [0, 0.05) is 12.2 Å². The van der Waals surface area contributed by atoms with E-state index in [1.165, 1.54) is 12.8 Å². The van der Waals surface area contributed by atoms with Crippen molar-refractivity contribution >= 4 is 11.2 Å². The van der Waals surface area contributed by atoms with Crippen LogP contribution in [0.5, 0.6) is 0 Å². The molecule has 0 spiro atoms. The SMILES string of the molecule is c1cnc2nc(CN3CCC[C@@H]3Cn3cncn3)[nH]c2c1. The summed E-state index contributed by atoms with van der Waals surface area (Å²) in [7, 11) is 0. The first-order valence-electron chi connectivity index (χ1n) is 7.24. The van der Waals surface area contributed by atoms with Gasteiger partial charge in [-0.2, -0.15) is 5.10 Å². The second kappa shape index (κ2) is 5.25. The summed E-state index contributed by atoms with van der Waals surface area (Å²) in [6.45, 7) is 2.82. The fourth-order valence-electron chi connectivity index (χ4n) is 3.02. The molecule has 0 amide bonds. The molecule has 1 aliphatic heterocycles. The molecule has 3 aromatic rings. The molecule has 4 heterocycles. The Labute approximate surface area is 122 Å². The largest absolute Gasteiger partial charge is 0.340 e. The van der Waals surface area contributed by atoms with Crippen molar-refractivity contribution in [3.8, 4) is 0 Å². The molecule has 3 aromatic heterocycles. The molecule has 0 aliphatic carbocycles. The molecule has 21 heavy (non-hydrogen) atoms. The Morgan fingerprint density at radius 2 is 2.38 bits per heavy atom. The average Bonchev–Trinajstić information content (AvgIpc) is 3.21. The molecule has 1 N–H and O–H groups in total. The van der Waals surface area contributed by atoms with E-state index >= 15 is 0 Å². The van der Waals surface area contributed by atoms with Crippen molar-refractivity contribution in [1.82, 2.24) is 34.6 Å². The molecule has 1 saturated heterocycles. The van der Waals surface area contributed by atoms with Crippen LogP contribution < -0.4 is 0 Å². The highest BCUT2D eigenvalue weighted by molar-refractivity contribution is 5.69. The zero-order chi connectivity index (χ0) is 14.1. The predicted octanol–water partition coefficient (Wildman–Crippen LogP) is 1.21. The van der Waals surface area contributed by atoms with Gasteiger partial charge in [0.1, 0.15) is 18.5 Å². The van der Waals surface area contributed by atoms with Crippen LogP contribution in [0, 0.1) is 0 Å². The van der Waals surface area contributed by atoms with Gasteiger partial charge in [-0.15, -0.1) is 0 Å². The van der Waals surface area contributed by atoms with E-state index in [0.717, 1.165) is 36.6 Å². The van der Waals surface area contributed by atoms with Crippen LogP contribution in [-0.2, 0) is 13.1 Å². The summed E-state index contributed by atoms with van der Waals surface area (Å²) in [5, 5.41) is 4.20. The van der Waals surface area contributed by atoms with Crippen LogP contribution in [0.15, 0.2) is 31.0 Å². The van der Waals surface area contributed by atoms with Crippen LogP contribution in [0.1, 0.15) is 18.7 Å². The smallest absolute Gasteiger partial charge is 0.177 e. The van der Waals surface area contributed by atoms with Gasteiger partial charge in [0.05, 0.1) is 18.6 Å². The first-order valence-corrected chi connectivity index (χ1v) is 7.24. The number of aromatic nitrogens is 6. The lowest BCUT2D eigenvalue weighted by atomic mass is 10.2. The molecule has 1 atom stereocenters. The fraction of sp³-hybridized carbons (Fsp3) is 0.429. The second-order valence-electron chi connectivity index (χ2n) is 5.44. The number of H-pyrrole nitrogens is 1. The van der Waals surface area contributed by atoms with E-state index in [-0.39, 0.29) is 0 Å². The number of hydrogen-bond acceptors (Lipinski definition) is 5. The first-order chi connectivity index (χ1) is 10.4. The highest BCUT2D eigenvalue weighted by Gasteiger charge is 2.25. The number of fused-ring (bicyclic) bond motifs is 1. The number of nitrogens with one attached hydrogen (secondary N) is 1. The van der Waals surface area contributed by atoms with Crippen LogP contribution in [0.2, 0.25) is 0 Å². The minimum absolute atomic E-state index is 0.493.